The second kappa shape index (κ2) is 6.75. The molecule has 2 heterocycles. The van der Waals surface area contributed by atoms with Crippen LogP contribution in [0.15, 0.2) is 36.7 Å². The van der Waals surface area contributed by atoms with E-state index in [9.17, 15) is 13.9 Å². The van der Waals surface area contributed by atoms with Gasteiger partial charge in [0.2, 0.25) is 5.88 Å². The smallest absolute Gasteiger partial charge is 0.387 e. The highest BCUT2D eigenvalue weighted by molar-refractivity contribution is 5.61. The Balaban J connectivity index is 1.97. The molecular weight excluding hydrogens is 322 g/mol. The number of hydrogen-bond acceptors (Lipinski definition) is 6. The summed E-state index contributed by atoms with van der Waals surface area (Å²) in [4.78, 5) is 4.01. The molecule has 1 aromatic carbocycles. The van der Waals surface area contributed by atoms with Crippen molar-refractivity contribution in [2.75, 3.05) is 6.61 Å². The van der Waals surface area contributed by atoms with E-state index in [1.54, 1.807) is 23.5 Å². The van der Waals surface area contributed by atoms with Crippen LogP contribution in [0.2, 0.25) is 0 Å². The summed E-state index contributed by atoms with van der Waals surface area (Å²) in [5.41, 5.74) is 1.10. The van der Waals surface area contributed by atoms with Crippen molar-refractivity contribution in [1.29, 1.82) is 0 Å². The van der Waals surface area contributed by atoms with E-state index >= 15 is 0 Å². The van der Waals surface area contributed by atoms with Gasteiger partial charge in [-0.15, -0.1) is 10.2 Å². The SMILES string of the molecule is CC(O)COc1cncc2nnc(-c3ccc(OC(F)F)cc3)n12. The summed E-state index contributed by atoms with van der Waals surface area (Å²) in [5.74, 6) is 0.868. The van der Waals surface area contributed by atoms with Crippen molar-refractivity contribution < 1.29 is 23.4 Å². The third-order valence-corrected chi connectivity index (χ3v) is 3.09. The Morgan fingerprint density at radius 1 is 1.17 bits per heavy atom. The van der Waals surface area contributed by atoms with Crippen LogP contribution >= 0.6 is 0 Å². The summed E-state index contributed by atoms with van der Waals surface area (Å²) < 4.78 is 35.9. The molecule has 9 heteroatoms. The molecule has 0 saturated heterocycles. The molecule has 1 unspecified atom stereocenters. The topological polar surface area (TPSA) is 81.8 Å². The number of halogens is 2. The van der Waals surface area contributed by atoms with Gasteiger partial charge in [0.15, 0.2) is 11.5 Å². The average molecular weight is 336 g/mol. The Kier molecular flexibility index (Phi) is 4.52. The molecule has 0 spiro atoms. The maximum Gasteiger partial charge on any atom is 0.387 e. The van der Waals surface area contributed by atoms with Gasteiger partial charge >= 0.3 is 6.61 Å². The van der Waals surface area contributed by atoms with Crippen LogP contribution in [0.3, 0.4) is 0 Å². The van der Waals surface area contributed by atoms with E-state index in [2.05, 4.69) is 19.9 Å². The highest BCUT2D eigenvalue weighted by atomic mass is 19.3. The van der Waals surface area contributed by atoms with Crippen LogP contribution in [0, 0.1) is 0 Å². The molecular formula is C15H14F2N4O3. The summed E-state index contributed by atoms with van der Waals surface area (Å²) in [6.07, 6.45) is 2.35. The summed E-state index contributed by atoms with van der Waals surface area (Å²) in [7, 11) is 0. The van der Waals surface area contributed by atoms with Crippen LogP contribution in [-0.2, 0) is 0 Å². The van der Waals surface area contributed by atoms with Gasteiger partial charge in [-0.05, 0) is 31.2 Å². The van der Waals surface area contributed by atoms with E-state index in [0.717, 1.165) is 0 Å². The van der Waals surface area contributed by atoms with Crippen LogP contribution in [-0.4, -0.2) is 44.0 Å². The molecule has 0 radical (unpaired) electrons. The first kappa shape index (κ1) is 16.1. The van der Waals surface area contributed by atoms with Gasteiger partial charge in [-0.25, -0.2) is 4.40 Å². The fourth-order valence-electron chi connectivity index (χ4n) is 2.10. The lowest BCUT2D eigenvalue weighted by Gasteiger charge is -2.11. The van der Waals surface area contributed by atoms with E-state index in [0.29, 0.717) is 22.9 Å². The number of ether oxygens (including phenoxy) is 2. The Bertz CT molecular complexity index is 821. The number of aliphatic hydroxyl groups excluding tert-OH is 1. The molecule has 0 bridgehead atoms. The maximum absolute atomic E-state index is 12.2. The molecule has 3 rings (SSSR count). The minimum Gasteiger partial charge on any atom is -0.475 e. The molecule has 0 fully saturated rings. The normalized spacial score (nSPS) is 12.5. The first-order valence-corrected chi connectivity index (χ1v) is 7.10. The van der Waals surface area contributed by atoms with Crippen molar-refractivity contribution in [3.8, 4) is 23.0 Å². The molecule has 0 amide bonds. The molecule has 1 atom stereocenters. The van der Waals surface area contributed by atoms with Crippen molar-refractivity contribution in [2.24, 2.45) is 0 Å². The number of aromatic nitrogens is 4. The van der Waals surface area contributed by atoms with Gasteiger partial charge in [0.1, 0.15) is 12.4 Å². The van der Waals surface area contributed by atoms with E-state index in [-0.39, 0.29) is 12.4 Å². The Labute approximate surface area is 135 Å². The molecule has 24 heavy (non-hydrogen) atoms. The van der Waals surface area contributed by atoms with Crippen molar-refractivity contribution in [2.45, 2.75) is 19.6 Å². The molecule has 1 N–H and O–H groups in total. The minimum absolute atomic E-state index is 0.0508. The summed E-state index contributed by atoms with van der Waals surface area (Å²) in [6.45, 7) is -1.20. The largest absolute Gasteiger partial charge is 0.475 e. The maximum atomic E-state index is 12.2. The van der Waals surface area contributed by atoms with Gasteiger partial charge in [0.25, 0.3) is 0 Å². The molecule has 3 aromatic rings. The fourth-order valence-corrected chi connectivity index (χ4v) is 2.10. The van der Waals surface area contributed by atoms with Crippen LogP contribution < -0.4 is 9.47 Å². The highest BCUT2D eigenvalue weighted by Crippen LogP contribution is 2.25. The van der Waals surface area contributed by atoms with Gasteiger partial charge in [-0.1, -0.05) is 0 Å². The zero-order valence-corrected chi connectivity index (χ0v) is 12.6. The van der Waals surface area contributed by atoms with Crippen LogP contribution in [0.4, 0.5) is 8.78 Å². The van der Waals surface area contributed by atoms with Gasteiger partial charge in [0, 0.05) is 5.56 Å². The van der Waals surface area contributed by atoms with E-state index in [4.69, 9.17) is 4.74 Å². The predicted octanol–water partition coefficient (Wildman–Crippen LogP) is 2.15. The monoisotopic (exact) mass is 336 g/mol. The predicted molar refractivity (Wildman–Crippen MR) is 80.0 cm³/mol. The van der Waals surface area contributed by atoms with Crippen molar-refractivity contribution in [1.82, 2.24) is 19.6 Å². The number of rotatable bonds is 6. The molecule has 0 aliphatic rings. The molecule has 0 aliphatic carbocycles. The lowest BCUT2D eigenvalue weighted by Crippen LogP contribution is -2.14. The van der Waals surface area contributed by atoms with Gasteiger partial charge < -0.3 is 14.6 Å². The first-order valence-electron chi connectivity index (χ1n) is 7.10. The zero-order valence-electron chi connectivity index (χ0n) is 12.6. The quantitative estimate of drug-likeness (QED) is 0.743. The molecule has 126 valence electrons. The van der Waals surface area contributed by atoms with Crippen molar-refractivity contribution in [3.63, 3.8) is 0 Å². The Hall–Kier alpha value is -2.81. The number of aliphatic hydroxyl groups is 1. The summed E-state index contributed by atoms with van der Waals surface area (Å²) in [5, 5.41) is 17.5. The van der Waals surface area contributed by atoms with Crippen LogP contribution in [0.25, 0.3) is 17.0 Å². The lowest BCUT2D eigenvalue weighted by molar-refractivity contribution is -0.0498. The van der Waals surface area contributed by atoms with Crippen LogP contribution in [0.5, 0.6) is 11.6 Å². The first-order chi connectivity index (χ1) is 11.5. The molecule has 0 saturated carbocycles. The third-order valence-electron chi connectivity index (χ3n) is 3.09. The Morgan fingerprint density at radius 2 is 1.92 bits per heavy atom. The minimum atomic E-state index is -2.88. The average Bonchev–Trinajstić information content (AvgIpc) is 2.97. The second-order valence-corrected chi connectivity index (χ2v) is 5.03. The third kappa shape index (κ3) is 3.40. The second-order valence-electron chi connectivity index (χ2n) is 5.03. The lowest BCUT2D eigenvalue weighted by atomic mass is 10.2. The number of nitrogens with zero attached hydrogens (tertiary/aromatic N) is 4. The number of alkyl halides is 2. The standard InChI is InChI=1S/C15H14F2N4O3/c1-9(22)8-23-13-7-18-6-12-19-20-14(21(12)13)10-2-4-11(5-3-10)24-15(16)17/h2-7,9,15,22H,8H2,1H3. The number of benzene rings is 1. The zero-order chi connectivity index (χ0) is 17.1. The number of fused-ring (bicyclic) bond motifs is 1. The van der Waals surface area contributed by atoms with Crippen LogP contribution in [0.1, 0.15) is 6.92 Å². The van der Waals surface area contributed by atoms with Crippen molar-refractivity contribution >= 4 is 5.65 Å². The van der Waals surface area contributed by atoms with E-state index in [1.165, 1.54) is 24.5 Å². The highest BCUT2D eigenvalue weighted by Gasteiger charge is 2.14. The van der Waals surface area contributed by atoms with Gasteiger partial charge in [-0.3, -0.25) is 4.98 Å². The Morgan fingerprint density at radius 3 is 2.58 bits per heavy atom. The molecule has 7 nitrogen and oxygen atoms in total. The van der Waals surface area contributed by atoms with Gasteiger partial charge in [0.05, 0.1) is 18.5 Å². The summed E-state index contributed by atoms with van der Waals surface area (Å²) in [6, 6.07) is 6.01. The summed E-state index contributed by atoms with van der Waals surface area (Å²) >= 11 is 0. The van der Waals surface area contributed by atoms with E-state index in [1.807, 2.05) is 0 Å². The molecule has 2 aromatic heterocycles. The number of hydrogen-bond donors (Lipinski definition) is 1. The van der Waals surface area contributed by atoms with Gasteiger partial charge in [-0.2, -0.15) is 8.78 Å². The fraction of sp³-hybridized carbons (Fsp3) is 0.267. The van der Waals surface area contributed by atoms with E-state index < -0.39 is 12.7 Å². The molecule has 0 aliphatic heterocycles. The van der Waals surface area contributed by atoms with Crippen molar-refractivity contribution in [3.05, 3.63) is 36.7 Å².